The Morgan fingerprint density at radius 3 is 2.48 bits per heavy atom. The van der Waals surface area contributed by atoms with Crippen molar-refractivity contribution in [3.05, 3.63) is 102 Å². The van der Waals surface area contributed by atoms with Crippen LogP contribution < -0.4 is 5.32 Å². The summed E-state index contributed by atoms with van der Waals surface area (Å²) < 4.78 is 5.47. The van der Waals surface area contributed by atoms with E-state index in [1.165, 1.54) is 0 Å². The van der Waals surface area contributed by atoms with Crippen LogP contribution in [-0.4, -0.2) is 26.0 Å². The summed E-state index contributed by atoms with van der Waals surface area (Å²) in [6.45, 7) is 2.33. The van der Waals surface area contributed by atoms with E-state index in [-0.39, 0.29) is 5.91 Å². The van der Waals surface area contributed by atoms with Crippen LogP contribution in [0.4, 0.5) is 0 Å². The summed E-state index contributed by atoms with van der Waals surface area (Å²) in [4.78, 5) is 24.3. The highest BCUT2D eigenvalue weighted by molar-refractivity contribution is 5.94. The minimum absolute atomic E-state index is 0.133. The molecule has 0 saturated carbocycles. The molecule has 0 aliphatic heterocycles. The number of rotatable bonds is 6. The Balaban J connectivity index is 1.34. The first-order valence-corrected chi connectivity index (χ1v) is 10.5. The molecular formula is C26H21N5O2. The molecule has 0 unspecified atom stereocenters. The third-order valence-corrected chi connectivity index (χ3v) is 5.38. The number of hydrogen-bond donors (Lipinski definition) is 2. The van der Waals surface area contributed by atoms with Crippen molar-refractivity contribution in [2.24, 2.45) is 0 Å². The molecule has 0 saturated heterocycles. The zero-order valence-electron chi connectivity index (χ0n) is 17.9. The number of imidazole rings is 1. The van der Waals surface area contributed by atoms with Crippen LogP contribution in [0.3, 0.4) is 0 Å². The maximum Gasteiger partial charge on any atom is 0.251 e. The first-order valence-electron chi connectivity index (χ1n) is 10.5. The number of H-pyrrole nitrogens is 1. The van der Waals surface area contributed by atoms with Crippen molar-refractivity contribution in [1.29, 1.82) is 0 Å². The van der Waals surface area contributed by atoms with Crippen molar-refractivity contribution >= 4 is 5.91 Å². The number of amides is 1. The lowest BCUT2D eigenvalue weighted by Gasteiger charge is -2.06. The molecule has 0 aliphatic rings. The lowest BCUT2D eigenvalue weighted by Crippen LogP contribution is -2.22. The van der Waals surface area contributed by atoms with E-state index in [1.807, 2.05) is 61.5 Å². The smallest absolute Gasteiger partial charge is 0.251 e. The molecule has 0 bridgehead atoms. The first kappa shape index (κ1) is 20.4. The van der Waals surface area contributed by atoms with E-state index in [0.29, 0.717) is 23.7 Å². The zero-order chi connectivity index (χ0) is 22.6. The number of aryl methyl sites for hydroxylation is 1. The van der Waals surface area contributed by atoms with Crippen LogP contribution in [0.5, 0.6) is 0 Å². The fourth-order valence-corrected chi connectivity index (χ4v) is 3.64. The van der Waals surface area contributed by atoms with Gasteiger partial charge in [0.05, 0.1) is 17.5 Å². The molecule has 5 aromatic rings. The van der Waals surface area contributed by atoms with Gasteiger partial charge in [-0.15, -0.1) is 0 Å². The molecule has 0 fully saturated rings. The van der Waals surface area contributed by atoms with Gasteiger partial charge in [-0.25, -0.2) is 4.98 Å². The molecule has 0 spiro atoms. The molecule has 0 radical (unpaired) electrons. The number of benzene rings is 2. The van der Waals surface area contributed by atoms with Crippen LogP contribution in [0.25, 0.3) is 33.9 Å². The van der Waals surface area contributed by atoms with Crippen molar-refractivity contribution in [2.45, 2.75) is 13.5 Å². The molecule has 0 aliphatic carbocycles. The van der Waals surface area contributed by atoms with Gasteiger partial charge in [0.25, 0.3) is 5.91 Å². The Morgan fingerprint density at radius 1 is 0.970 bits per heavy atom. The quantitative estimate of drug-likeness (QED) is 0.390. The SMILES string of the molecule is Cc1onc(-c2ccccc2)c1-c1cnc(-c2ccc(C(=O)NCc3ccncc3)cc2)[nH]1. The van der Waals surface area contributed by atoms with Crippen LogP contribution >= 0.6 is 0 Å². The molecule has 3 heterocycles. The average Bonchev–Trinajstić information content (AvgIpc) is 3.50. The van der Waals surface area contributed by atoms with Gasteiger partial charge in [-0.3, -0.25) is 9.78 Å². The van der Waals surface area contributed by atoms with E-state index >= 15 is 0 Å². The lowest BCUT2D eigenvalue weighted by molar-refractivity contribution is 0.0951. The van der Waals surface area contributed by atoms with Gasteiger partial charge in [-0.05, 0) is 36.8 Å². The second-order valence-corrected chi connectivity index (χ2v) is 7.59. The normalized spacial score (nSPS) is 10.8. The van der Waals surface area contributed by atoms with Gasteiger partial charge in [0.1, 0.15) is 17.3 Å². The van der Waals surface area contributed by atoms with Gasteiger partial charge < -0.3 is 14.8 Å². The van der Waals surface area contributed by atoms with Gasteiger partial charge in [0, 0.05) is 35.6 Å². The Kier molecular flexibility index (Phi) is 5.51. The monoisotopic (exact) mass is 435 g/mol. The Morgan fingerprint density at radius 2 is 1.73 bits per heavy atom. The van der Waals surface area contributed by atoms with E-state index in [4.69, 9.17) is 4.52 Å². The number of aromatic nitrogens is 4. The van der Waals surface area contributed by atoms with Crippen molar-refractivity contribution < 1.29 is 9.32 Å². The van der Waals surface area contributed by atoms with Crippen molar-refractivity contribution in [3.8, 4) is 33.9 Å². The average molecular weight is 435 g/mol. The summed E-state index contributed by atoms with van der Waals surface area (Å²) in [5, 5.41) is 7.16. The number of pyridine rings is 1. The molecule has 0 atom stereocenters. The topological polar surface area (TPSA) is 96.7 Å². The highest BCUT2D eigenvalue weighted by Crippen LogP contribution is 2.34. The molecule has 7 heteroatoms. The number of carbonyl (C=O) groups excluding carboxylic acids is 1. The molecule has 3 aromatic heterocycles. The Hall–Kier alpha value is -4.52. The van der Waals surface area contributed by atoms with Gasteiger partial charge in [0.2, 0.25) is 0 Å². The minimum Gasteiger partial charge on any atom is -0.360 e. The summed E-state index contributed by atoms with van der Waals surface area (Å²) in [5.41, 5.74) is 5.90. The molecule has 33 heavy (non-hydrogen) atoms. The summed E-state index contributed by atoms with van der Waals surface area (Å²) >= 11 is 0. The van der Waals surface area contributed by atoms with Gasteiger partial charge >= 0.3 is 0 Å². The summed E-state index contributed by atoms with van der Waals surface area (Å²) in [5.74, 6) is 1.28. The number of aromatic amines is 1. The molecule has 5 rings (SSSR count). The van der Waals surface area contributed by atoms with Gasteiger partial charge in [-0.2, -0.15) is 0 Å². The van der Waals surface area contributed by atoms with E-state index in [9.17, 15) is 4.79 Å². The maximum atomic E-state index is 12.5. The van der Waals surface area contributed by atoms with Crippen LogP contribution in [0, 0.1) is 6.92 Å². The van der Waals surface area contributed by atoms with E-state index in [2.05, 4.69) is 25.4 Å². The molecule has 1 amide bonds. The predicted octanol–water partition coefficient (Wildman–Crippen LogP) is 5.03. The molecule has 162 valence electrons. The Bertz CT molecular complexity index is 1370. The second kappa shape index (κ2) is 8.92. The van der Waals surface area contributed by atoms with E-state index < -0.39 is 0 Å². The maximum absolute atomic E-state index is 12.5. The Labute approximate surface area is 190 Å². The van der Waals surface area contributed by atoms with Crippen LogP contribution in [-0.2, 0) is 6.54 Å². The fraction of sp³-hybridized carbons (Fsp3) is 0.0769. The van der Waals surface area contributed by atoms with E-state index in [0.717, 1.165) is 33.6 Å². The number of nitrogens with zero attached hydrogens (tertiary/aromatic N) is 3. The largest absolute Gasteiger partial charge is 0.360 e. The molecular weight excluding hydrogens is 414 g/mol. The summed E-state index contributed by atoms with van der Waals surface area (Å²) in [6, 6.07) is 21.0. The number of hydrogen-bond acceptors (Lipinski definition) is 5. The van der Waals surface area contributed by atoms with Gasteiger partial charge in [-0.1, -0.05) is 47.6 Å². The van der Waals surface area contributed by atoms with Crippen molar-refractivity contribution in [3.63, 3.8) is 0 Å². The third-order valence-electron chi connectivity index (χ3n) is 5.38. The standard InChI is InChI=1S/C26H21N5O2/c1-17-23(24(31-33-17)19-5-3-2-4-6-19)22-16-28-25(30-22)20-7-9-21(10-8-20)26(32)29-15-18-11-13-27-14-12-18/h2-14,16H,15H2,1H3,(H,28,30)(H,29,32). The molecule has 7 nitrogen and oxygen atoms in total. The van der Waals surface area contributed by atoms with Crippen molar-refractivity contribution in [1.82, 2.24) is 25.4 Å². The third kappa shape index (κ3) is 4.29. The van der Waals surface area contributed by atoms with Gasteiger partial charge in [0.15, 0.2) is 0 Å². The van der Waals surface area contributed by atoms with Crippen LogP contribution in [0.1, 0.15) is 21.7 Å². The zero-order valence-corrected chi connectivity index (χ0v) is 17.9. The highest BCUT2D eigenvalue weighted by atomic mass is 16.5. The fourth-order valence-electron chi connectivity index (χ4n) is 3.64. The number of carbonyl (C=O) groups is 1. The van der Waals surface area contributed by atoms with Crippen LogP contribution in [0.2, 0.25) is 0 Å². The lowest BCUT2D eigenvalue weighted by atomic mass is 10.0. The summed E-state index contributed by atoms with van der Waals surface area (Å²) in [6.07, 6.45) is 5.19. The van der Waals surface area contributed by atoms with Crippen molar-refractivity contribution in [2.75, 3.05) is 0 Å². The first-order chi connectivity index (χ1) is 16.2. The second-order valence-electron chi connectivity index (χ2n) is 7.59. The van der Waals surface area contributed by atoms with E-state index in [1.54, 1.807) is 30.7 Å². The highest BCUT2D eigenvalue weighted by Gasteiger charge is 2.19. The summed E-state index contributed by atoms with van der Waals surface area (Å²) in [7, 11) is 0. The molecule has 2 N–H and O–H groups in total. The predicted molar refractivity (Wildman–Crippen MR) is 125 cm³/mol. The number of nitrogens with one attached hydrogen (secondary N) is 2. The minimum atomic E-state index is -0.133. The van der Waals surface area contributed by atoms with Crippen LogP contribution in [0.15, 0.2) is 89.8 Å². The molecule has 2 aromatic carbocycles.